The number of hydrogen-bond acceptors (Lipinski definition) is 3. The summed E-state index contributed by atoms with van der Waals surface area (Å²) in [6.07, 6.45) is -1.10. The van der Waals surface area contributed by atoms with Gasteiger partial charge >= 0.3 is 0 Å². The van der Waals surface area contributed by atoms with Gasteiger partial charge in [-0.25, -0.2) is 22.0 Å². The lowest BCUT2D eigenvalue weighted by atomic mass is 10.1. The first-order valence-electron chi connectivity index (χ1n) is 6.92. The molecule has 0 saturated carbocycles. The van der Waals surface area contributed by atoms with Crippen molar-refractivity contribution >= 4 is 23.2 Å². The quantitative estimate of drug-likeness (QED) is 0.468. The van der Waals surface area contributed by atoms with Crippen LogP contribution in [0.5, 0.6) is 11.5 Å². The standard InChI is InChI=1S/C16H11ClF5NO3/c1-25-9-5-10(26-2)8(4-7(9)17)23-11(24)3-6-12(18)14(20)16(22)15(21)13(6)19/h4-5H,3H2,1-2H3,(H,23,24). The van der Waals surface area contributed by atoms with Gasteiger partial charge in [0.15, 0.2) is 23.3 Å². The van der Waals surface area contributed by atoms with Crippen LogP contribution in [0.25, 0.3) is 0 Å². The second kappa shape index (κ2) is 7.77. The predicted octanol–water partition coefficient (Wildman–Crippen LogP) is 4.23. The van der Waals surface area contributed by atoms with Crippen LogP contribution in [-0.4, -0.2) is 20.1 Å². The maximum Gasteiger partial charge on any atom is 0.229 e. The highest BCUT2D eigenvalue weighted by molar-refractivity contribution is 6.32. The number of carbonyl (C=O) groups excluding carboxylic acids is 1. The molecule has 0 heterocycles. The van der Waals surface area contributed by atoms with Gasteiger partial charge in [0.25, 0.3) is 0 Å². The van der Waals surface area contributed by atoms with Crippen LogP contribution in [0.4, 0.5) is 27.6 Å². The third kappa shape index (κ3) is 3.67. The van der Waals surface area contributed by atoms with Crippen molar-refractivity contribution in [1.82, 2.24) is 0 Å². The van der Waals surface area contributed by atoms with Crippen molar-refractivity contribution in [1.29, 1.82) is 0 Å². The zero-order chi connectivity index (χ0) is 19.6. The van der Waals surface area contributed by atoms with Gasteiger partial charge in [0, 0.05) is 11.6 Å². The summed E-state index contributed by atoms with van der Waals surface area (Å²) in [6.45, 7) is 0. The van der Waals surface area contributed by atoms with Gasteiger partial charge in [-0.05, 0) is 6.07 Å². The van der Waals surface area contributed by atoms with Gasteiger partial charge in [0.2, 0.25) is 11.7 Å². The third-order valence-corrected chi connectivity index (χ3v) is 3.68. The monoisotopic (exact) mass is 395 g/mol. The summed E-state index contributed by atoms with van der Waals surface area (Å²) >= 11 is 5.92. The molecule has 0 aliphatic heterocycles. The first-order chi connectivity index (χ1) is 12.2. The zero-order valence-corrected chi connectivity index (χ0v) is 14.1. The van der Waals surface area contributed by atoms with Gasteiger partial charge < -0.3 is 14.8 Å². The topological polar surface area (TPSA) is 47.6 Å². The molecule has 2 aromatic carbocycles. The Hall–Kier alpha value is -2.55. The van der Waals surface area contributed by atoms with E-state index in [1.165, 1.54) is 26.4 Å². The highest BCUT2D eigenvalue weighted by Crippen LogP contribution is 2.36. The van der Waals surface area contributed by atoms with E-state index in [1.54, 1.807) is 0 Å². The van der Waals surface area contributed by atoms with Gasteiger partial charge in [-0.3, -0.25) is 4.79 Å². The maximum atomic E-state index is 13.6. The molecule has 0 radical (unpaired) electrons. The van der Waals surface area contributed by atoms with Crippen LogP contribution < -0.4 is 14.8 Å². The molecule has 0 aliphatic rings. The summed E-state index contributed by atoms with van der Waals surface area (Å²) in [7, 11) is 2.63. The Morgan fingerprint density at radius 3 is 1.92 bits per heavy atom. The van der Waals surface area contributed by atoms with Crippen LogP contribution in [0, 0.1) is 29.1 Å². The van der Waals surface area contributed by atoms with E-state index in [0.29, 0.717) is 0 Å². The number of anilines is 1. The molecule has 0 saturated heterocycles. The highest BCUT2D eigenvalue weighted by atomic mass is 35.5. The van der Waals surface area contributed by atoms with Crippen molar-refractivity contribution in [3.63, 3.8) is 0 Å². The summed E-state index contributed by atoms with van der Waals surface area (Å²) in [5.41, 5.74) is -1.23. The maximum absolute atomic E-state index is 13.6. The van der Waals surface area contributed by atoms with E-state index in [2.05, 4.69) is 5.32 Å². The fourth-order valence-electron chi connectivity index (χ4n) is 2.12. The molecule has 2 rings (SSSR count). The lowest BCUT2D eigenvalue weighted by Gasteiger charge is -2.13. The number of hydrogen-bond donors (Lipinski definition) is 1. The van der Waals surface area contributed by atoms with Crippen molar-refractivity contribution in [2.24, 2.45) is 0 Å². The summed E-state index contributed by atoms with van der Waals surface area (Å²) in [5.74, 6) is -11.4. The molecule has 2 aromatic rings. The Bertz CT molecular complexity index is 847. The Morgan fingerprint density at radius 2 is 1.42 bits per heavy atom. The Morgan fingerprint density at radius 1 is 0.923 bits per heavy atom. The van der Waals surface area contributed by atoms with Crippen LogP contribution in [0.2, 0.25) is 5.02 Å². The summed E-state index contributed by atoms with van der Waals surface area (Å²) in [4.78, 5) is 12.0. The molecular weight excluding hydrogens is 385 g/mol. The molecule has 0 bridgehead atoms. The molecule has 0 atom stereocenters. The summed E-state index contributed by atoms with van der Waals surface area (Å²) in [5, 5.41) is 2.33. The van der Waals surface area contributed by atoms with E-state index in [1.807, 2.05) is 0 Å². The van der Waals surface area contributed by atoms with E-state index < -0.39 is 47.0 Å². The van der Waals surface area contributed by atoms with Crippen LogP contribution in [0.1, 0.15) is 5.56 Å². The number of ether oxygens (including phenoxy) is 2. The molecule has 140 valence electrons. The van der Waals surface area contributed by atoms with Crippen molar-refractivity contribution in [2.75, 3.05) is 19.5 Å². The van der Waals surface area contributed by atoms with E-state index in [-0.39, 0.29) is 22.2 Å². The van der Waals surface area contributed by atoms with E-state index in [9.17, 15) is 26.7 Å². The predicted molar refractivity (Wildman–Crippen MR) is 83.1 cm³/mol. The number of nitrogens with one attached hydrogen (secondary N) is 1. The van der Waals surface area contributed by atoms with E-state index in [0.717, 1.165) is 0 Å². The van der Waals surface area contributed by atoms with E-state index in [4.69, 9.17) is 21.1 Å². The van der Waals surface area contributed by atoms with Gasteiger partial charge in [0.05, 0.1) is 31.4 Å². The minimum Gasteiger partial charge on any atom is -0.495 e. The average Bonchev–Trinajstić information content (AvgIpc) is 2.62. The fourth-order valence-corrected chi connectivity index (χ4v) is 2.36. The highest BCUT2D eigenvalue weighted by Gasteiger charge is 2.27. The molecule has 1 amide bonds. The van der Waals surface area contributed by atoms with E-state index >= 15 is 0 Å². The minimum absolute atomic E-state index is 0.0205. The lowest BCUT2D eigenvalue weighted by Crippen LogP contribution is -2.18. The average molecular weight is 396 g/mol. The molecule has 0 spiro atoms. The zero-order valence-electron chi connectivity index (χ0n) is 13.4. The van der Waals surface area contributed by atoms with Gasteiger partial charge in [-0.1, -0.05) is 11.6 Å². The normalized spacial score (nSPS) is 10.6. The Kier molecular flexibility index (Phi) is 5.91. The summed E-state index contributed by atoms with van der Waals surface area (Å²) < 4.78 is 76.7. The van der Waals surface area contributed by atoms with Gasteiger partial charge in [-0.2, -0.15) is 0 Å². The Balaban J connectivity index is 2.32. The molecule has 4 nitrogen and oxygen atoms in total. The first-order valence-corrected chi connectivity index (χ1v) is 7.30. The number of rotatable bonds is 5. The fraction of sp³-hybridized carbons (Fsp3) is 0.188. The molecule has 0 aliphatic carbocycles. The molecular formula is C16H11ClF5NO3. The minimum atomic E-state index is -2.30. The van der Waals surface area contributed by atoms with Crippen molar-refractivity contribution < 1.29 is 36.2 Å². The molecule has 26 heavy (non-hydrogen) atoms. The van der Waals surface area contributed by atoms with Crippen LogP contribution >= 0.6 is 11.6 Å². The van der Waals surface area contributed by atoms with Crippen LogP contribution in [0.3, 0.4) is 0 Å². The number of carbonyl (C=O) groups is 1. The SMILES string of the molecule is COc1cc(OC)c(NC(=O)Cc2c(F)c(F)c(F)c(F)c2F)cc1Cl. The van der Waals surface area contributed by atoms with Crippen LogP contribution in [-0.2, 0) is 11.2 Å². The number of halogens is 6. The number of methoxy groups -OCH3 is 2. The number of amides is 1. The first kappa shape index (κ1) is 19.8. The molecule has 0 fully saturated rings. The van der Waals surface area contributed by atoms with Gasteiger partial charge in [-0.15, -0.1) is 0 Å². The van der Waals surface area contributed by atoms with Crippen molar-refractivity contribution in [2.45, 2.75) is 6.42 Å². The Labute approximate surface area is 149 Å². The van der Waals surface area contributed by atoms with Crippen molar-refractivity contribution in [3.05, 3.63) is 51.8 Å². The molecule has 0 unspecified atom stereocenters. The lowest BCUT2D eigenvalue weighted by molar-refractivity contribution is -0.115. The van der Waals surface area contributed by atoms with Crippen LogP contribution in [0.15, 0.2) is 12.1 Å². The molecule has 10 heteroatoms. The largest absolute Gasteiger partial charge is 0.495 e. The molecule has 1 N–H and O–H groups in total. The van der Waals surface area contributed by atoms with Gasteiger partial charge in [0.1, 0.15) is 11.5 Å². The number of benzene rings is 2. The second-order valence-corrected chi connectivity index (χ2v) is 5.37. The van der Waals surface area contributed by atoms with Crippen molar-refractivity contribution in [3.8, 4) is 11.5 Å². The molecule has 0 aromatic heterocycles. The second-order valence-electron chi connectivity index (χ2n) is 4.96. The summed E-state index contributed by atoms with van der Waals surface area (Å²) in [6, 6.07) is 2.59. The third-order valence-electron chi connectivity index (χ3n) is 3.39. The smallest absolute Gasteiger partial charge is 0.229 e.